The summed E-state index contributed by atoms with van der Waals surface area (Å²) in [5.74, 6) is 2.47. The van der Waals surface area contributed by atoms with Crippen LogP contribution in [0.4, 0.5) is 0 Å². The SMILES string of the molecule is COc1cccc(-c2noc([C@H]3CCN(Cc4cccs4)C3)n2)c1. The van der Waals surface area contributed by atoms with Crippen molar-refractivity contribution in [2.75, 3.05) is 20.2 Å². The fourth-order valence-electron chi connectivity index (χ4n) is 3.08. The third-order valence-corrected chi connectivity index (χ3v) is 5.21. The van der Waals surface area contributed by atoms with E-state index in [1.165, 1.54) is 4.88 Å². The van der Waals surface area contributed by atoms with Gasteiger partial charge in [-0.25, -0.2) is 0 Å². The first-order chi connectivity index (χ1) is 11.8. The molecule has 0 unspecified atom stereocenters. The van der Waals surface area contributed by atoms with Gasteiger partial charge in [0, 0.05) is 23.5 Å². The molecule has 4 rings (SSSR count). The molecular formula is C18H19N3O2S. The highest BCUT2D eigenvalue weighted by molar-refractivity contribution is 7.09. The van der Waals surface area contributed by atoms with Gasteiger partial charge < -0.3 is 9.26 Å². The molecule has 3 heterocycles. The van der Waals surface area contributed by atoms with Crippen molar-refractivity contribution in [1.82, 2.24) is 15.0 Å². The van der Waals surface area contributed by atoms with E-state index in [9.17, 15) is 0 Å². The number of thiophene rings is 1. The Hall–Kier alpha value is -2.18. The minimum absolute atomic E-state index is 0.317. The van der Waals surface area contributed by atoms with Crippen LogP contribution in [-0.4, -0.2) is 35.2 Å². The minimum atomic E-state index is 0.317. The number of hydrogen-bond acceptors (Lipinski definition) is 6. The van der Waals surface area contributed by atoms with Crippen LogP contribution in [0.15, 0.2) is 46.3 Å². The molecule has 0 saturated carbocycles. The van der Waals surface area contributed by atoms with Gasteiger partial charge in [0.1, 0.15) is 5.75 Å². The van der Waals surface area contributed by atoms with Gasteiger partial charge in [-0.05, 0) is 36.5 Å². The lowest BCUT2D eigenvalue weighted by Crippen LogP contribution is -2.19. The molecule has 0 aliphatic carbocycles. The van der Waals surface area contributed by atoms with Crippen molar-refractivity contribution in [3.8, 4) is 17.1 Å². The van der Waals surface area contributed by atoms with Crippen molar-refractivity contribution in [3.63, 3.8) is 0 Å². The van der Waals surface area contributed by atoms with E-state index in [1.807, 2.05) is 24.3 Å². The molecule has 0 bridgehead atoms. The van der Waals surface area contributed by atoms with E-state index in [1.54, 1.807) is 18.4 Å². The number of rotatable bonds is 5. The van der Waals surface area contributed by atoms with Crippen molar-refractivity contribution in [3.05, 3.63) is 52.5 Å². The number of likely N-dealkylation sites (tertiary alicyclic amines) is 1. The lowest BCUT2D eigenvalue weighted by molar-refractivity contribution is 0.311. The summed E-state index contributed by atoms with van der Waals surface area (Å²) < 4.78 is 10.8. The van der Waals surface area contributed by atoms with Gasteiger partial charge in [0.2, 0.25) is 11.7 Å². The third kappa shape index (κ3) is 3.20. The van der Waals surface area contributed by atoms with Crippen LogP contribution in [0.25, 0.3) is 11.4 Å². The smallest absolute Gasteiger partial charge is 0.231 e. The molecule has 5 nitrogen and oxygen atoms in total. The highest BCUT2D eigenvalue weighted by Gasteiger charge is 2.28. The van der Waals surface area contributed by atoms with Gasteiger partial charge in [0.15, 0.2) is 0 Å². The average Bonchev–Trinajstić information content (AvgIpc) is 3.36. The number of hydrogen-bond donors (Lipinski definition) is 0. The molecule has 1 saturated heterocycles. The molecule has 3 aromatic rings. The van der Waals surface area contributed by atoms with Gasteiger partial charge in [-0.3, -0.25) is 4.90 Å². The Morgan fingerprint density at radius 3 is 3.12 bits per heavy atom. The topological polar surface area (TPSA) is 51.4 Å². The summed E-state index contributed by atoms with van der Waals surface area (Å²) >= 11 is 1.81. The normalized spacial score (nSPS) is 18.1. The Morgan fingerprint density at radius 1 is 1.33 bits per heavy atom. The van der Waals surface area contributed by atoms with E-state index >= 15 is 0 Å². The molecule has 1 aromatic carbocycles. The van der Waals surface area contributed by atoms with Gasteiger partial charge in [-0.2, -0.15) is 4.98 Å². The van der Waals surface area contributed by atoms with Crippen LogP contribution in [-0.2, 0) is 6.54 Å². The van der Waals surface area contributed by atoms with Crippen molar-refractivity contribution in [2.24, 2.45) is 0 Å². The monoisotopic (exact) mass is 341 g/mol. The van der Waals surface area contributed by atoms with E-state index < -0.39 is 0 Å². The van der Waals surface area contributed by atoms with Crippen LogP contribution in [0.2, 0.25) is 0 Å². The Kier molecular flexibility index (Phi) is 4.32. The maximum Gasteiger partial charge on any atom is 0.231 e. The Balaban J connectivity index is 1.45. The van der Waals surface area contributed by atoms with Crippen molar-refractivity contribution < 1.29 is 9.26 Å². The Labute approximate surface area is 144 Å². The lowest BCUT2D eigenvalue weighted by atomic mass is 10.1. The molecular weight excluding hydrogens is 322 g/mol. The number of aromatic nitrogens is 2. The number of ether oxygens (including phenoxy) is 1. The molecule has 1 aliphatic heterocycles. The molecule has 24 heavy (non-hydrogen) atoms. The van der Waals surface area contributed by atoms with Gasteiger partial charge in [-0.15, -0.1) is 11.3 Å². The van der Waals surface area contributed by atoms with Gasteiger partial charge >= 0.3 is 0 Å². The van der Waals surface area contributed by atoms with Crippen molar-refractivity contribution in [1.29, 1.82) is 0 Å². The number of benzene rings is 1. The molecule has 0 radical (unpaired) electrons. The van der Waals surface area contributed by atoms with E-state index in [4.69, 9.17) is 9.26 Å². The van der Waals surface area contributed by atoms with Crippen LogP contribution < -0.4 is 4.74 Å². The quantitative estimate of drug-likeness (QED) is 0.706. The second-order valence-electron chi connectivity index (χ2n) is 5.99. The van der Waals surface area contributed by atoms with Crippen LogP contribution >= 0.6 is 11.3 Å². The first-order valence-corrected chi connectivity index (χ1v) is 8.92. The number of nitrogens with zero attached hydrogens (tertiary/aromatic N) is 3. The second-order valence-corrected chi connectivity index (χ2v) is 7.02. The highest BCUT2D eigenvalue weighted by Crippen LogP contribution is 2.29. The van der Waals surface area contributed by atoms with Crippen molar-refractivity contribution in [2.45, 2.75) is 18.9 Å². The molecule has 6 heteroatoms. The second kappa shape index (κ2) is 6.75. The van der Waals surface area contributed by atoms with Gasteiger partial charge in [-0.1, -0.05) is 23.4 Å². The summed E-state index contributed by atoms with van der Waals surface area (Å²) in [6.07, 6.45) is 1.06. The molecule has 124 valence electrons. The van der Waals surface area contributed by atoms with Crippen LogP contribution in [0.1, 0.15) is 23.1 Å². The summed E-state index contributed by atoms with van der Waals surface area (Å²) in [7, 11) is 1.65. The first-order valence-electron chi connectivity index (χ1n) is 8.04. The van der Waals surface area contributed by atoms with Crippen LogP contribution in [0.5, 0.6) is 5.75 Å². The minimum Gasteiger partial charge on any atom is -0.497 e. The van der Waals surface area contributed by atoms with Crippen LogP contribution in [0, 0.1) is 0 Å². The summed E-state index contributed by atoms with van der Waals surface area (Å²) in [4.78, 5) is 8.46. The summed E-state index contributed by atoms with van der Waals surface area (Å²) in [6.45, 7) is 3.04. The number of methoxy groups -OCH3 is 1. The van der Waals surface area contributed by atoms with Crippen molar-refractivity contribution >= 4 is 11.3 Å². The summed E-state index contributed by atoms with van der Waals surface area (Å²) in [6, 6.07) is 12.0. The molecule has 1 atom stereocenters. The molecule has 1 fully saturated rings. The largest absolute Gasteiger partial charge is 0.497 e. The lowest BCUT2D eigenvalue weighted by Gasteiger charge is -2.13. The van der Waals surface area contributed by atoms with Gasteiger partial charge in [0.25, 0.3) is 0 Å². The van der Waals surface area contributed by atoms with E-state index in [0.717, 1.165) is 43.3 Å². The van der Waals surface area contributed by atoms with E-state index in [-0.39, 0.29) is 0 Å². The zero-order valence-electron chi connectivity index (χ0n) is 13.5. The van der Waals surface area contributed by atoms with Crippen LogP contribution in [0.3, 0.4) is 0 Å². The molecule has 0 spiro atoms. The standard InChI is InChI=1S/C18H19N3O2S/c1-22-15-5-2-4-13(10-15)17-19-18(23-20-17)14-7-8-21(11-14)12-16-6-3-9-24-16/h2-6,9-10,14H,7-8,11-12H2,1H3/t14-/m0/s1. The molecule has 1 aliphatic rings. The molecule has 0 amide bonds. The Morgan fingerprint density at radius 2 is 2.29 bits per heavy atom. The maximum atomic E-state index is 5.53. The summed E-state index contributed by atoms with van der Waals surface area (Å²) in [5, 5.41) is 6.28. The predicted octanol–water partition coefficient (Wildman–Crippen LogP) is 3.80. The molecule has 2 aromatic heterocycles. The predicted molar refractivity (Wildman–Crippen MR) is 93.2 cm³/mol. The highest BCUT2D eigenvalue weighted by atomic mass is 32.1. The average molecular weight is 341 g/mol. The fraction of sp³-hybridized carbons (Fsp3) is 0.333. The third-order valence-electron chi connectivity index (χ3n) is 4.35. The van der Waals surface area contributed by atoms with E-state index in [2.05, 4.69) is 32.6 Å². The zero-order valence-corrected chi connectivity index (χ0v) is 14.3. The van der Waals surface area contributed by atoms with E-state index in [0.29, 0.717) is 11.7 Å². The first kappa shape index (κ1) is 15.4. The van der Waals surface area contributed by atoms with Gasteiger partial charge in [0.05, 0.1) is 13.0 Å². The molecule has 0 N–H and O–H groups in total. The zero-order chi connectivity index (χ0) is 16.4. The fourth-order valence-corrected chi connectivity index (χ4v) is 3.83. The Bertz CT molecular complexity index is 800. The summed E-state index contributed by atoms with van der Waals surface area (Å²) in [5.41, 5.74) is 0.915. The maximum absolute atomic E-state index is 5.53.